The Morgan fingerprint density at radius 2 is 1.42 bits per heavy atom. The van der Waals surface area contributed by atoms with Crippen LogP contribution in [0.3, 0.4) is 0 Å². The molecule has 19 heavy (non-hydrogen) atoms. The van der Waals surface area contributed by atoms with Crippen LogP contribution >= 0.6 is 0 Å². The van der Waals surface area contributed by atoms with Crippen LogP contribution in [0.15, 0.2) is 54.6 Å². The molecule has 2 N–H and O–H groups in total. The fourth-order valence-corrected chi connectivity index (χ4v) is 2.25. The Morgan fingerprint density at radius 3 is 2.21 bits per heavy atom. The molecule has 0 saturated carbocycles. The van der Waals surface area contributed by atoms with Crippen LogP contribution in [0.1, 0.15) is 5.56 Å². The second kappa shape index (κ2) is 4.39. The van der Waals surface area contributed by atoms with Crippen molar-refractivity contribution in [3.63, 3.8) is 0 Å². The van der Waals surface area contributed by atoms with E-state index in [0.717, 1.165) is 16.5 Å². The maximum atomic E-state index is 13.5. The highest BCUT2D eigenvalue weighted by atomic mass is 19.1. The Bertz CT molecular complexity index is 762. The molecule has 0 aliphatic rings. The molecule has 0 saturated heterocycles. The molecule has 0 bridgehead atoms. The molecule has 0 aliphatic heterocycles. The van der Waals surface area contributed by atoms with Gasteiger partial charge in [-0.25, -0.2) is 4.39 Å². The van der Waals surface area contributed by atoms with Crippen molar-refractivity contribution >= 4 is 16.5 Å². The first kappa shape index (κ1) is 11.7. The predicted octanol–water partition coefficient (Wildman–Crippen LogP) is 4.54. The molecule has 1 nitrogen and oxygen atoms in total. The second-order valence-corrected chi connectivity index (χ2v) is 4.80. The SMILES string of the molecule is Cc1ccc2cc(-c3ccc(N)c(F)c3)ccc2c1. The van der Waals surface area contributed by atoms with E-state index < -0.39 is 0 Å². The maximum Gasteiger partial charge on any atom is 0.146 e. The zero-order chi connectivity index (χ0) is 13.4. The summed E-state index contributed by atoms with van der Waals surface area (Å²) in [5, 5.41) is 2.35. The van der Waals surface area contributed by atoms with Gasteiger partial charge in [0.15, 0.2) is 0 Å². The predicted molar refractivity (Wildman–Crippen MR) is 78.5 cm³/mol. The van der Waals surface area contributed by atoms with Crippen LogP contribution in [-0.2, 0) is 0 Å². The molecule has 0 amide bonds. The molecule has 0 radical (unpaired) electrons. The van der Waals surface area contributed by atoms with Crippen molar-refractivity contribution < 1.29 is 4.39 Å². The standard InChI is InChI=1S/C17H14FN/c1-11-2-3-13-9-14(5-4-12(13)8-11)15-6-7-17(19)16(18)10-15/h2-10H,19H2,1H3. The first-order chi connectivity index (χ1) is 9.13. The average Bonchev–Trinajstić information content (AvgIpc) is 2.41. The lowest BCUT2D eigenvalue weighted by molar-refractivity contribution is 0.633. The highest BCUT2D eigenvalue weighted by Gasteiger charge is 2.03. The number of aryl methyl sites for hydroxylation is 1. The molecular formula is C17H14FN. The summed E-state index contributed by atoms with van der Waals surface area (Å²) in [7, 11) is 0. The number of rotatable bonds is 1. The van der Waals surface area contributed by atoms with Crippen molar-refractivity contribution in [2.45, 2.75) is 6.92 Å². The molecule has 3 aromatic rings. The van der Waals surface area contributed by atoms with Gasteiger partial charge in [-0.15, -0.1) is 0 Å². The van der Waals surface area contributed by atoms with E-state index in [-0.39, 0.29) is 11.5 Å². The number of benzene rings is 3. The normalized spacial score (nSPS) is 10.8. The van der Waals surface area contributed by atoms with Gasteiger partial charge in [0, 0.05) is 0 Å². The zero-order valence-corrected chi connectivity index (χ0v) is 10.7. The molecule has 0 atom stereocenters. The molecular weight excluding hydrogens is 237 g/mol. The number of hydrogen-bond acceptors (Lipinski definition) is 1. The summed E-state index contributed by atoms with van der Waals surface area (Å²) in [6.07, 6.45) is 0. The van der Waals surface area contributed by atoms with Gasteiger partial charge < -0.3 is 5.73 Å². The van der Waals surface area contributed by atoms with Crippen LogP contribution in [-0.4, -0.2) is 0 Å². The quantitative estimate of drug-likeness (QED) is 0.631. The lowest BCUT2D eigenvalue weighted by Gasteiger charge is -2.06. The summed E-state index contributed by atoms with van der Waals surface area (Å²) in [5.41, 5.74) is 8.75. The van der Waals surface area contributed by atoms with Gasteiger partial charge in [-0.1, -0.05) is 42.0 Å². The molecule has 3 aromatic carbocycles. The Morgan fingerprint density at radius 1 is 0.789 bits per heavy atom. The molecule has 2 heteroatoms. The number of anilines is 1. The molecule has 0 aromatic heterocycles. The number of nitrogens with two attached hydrogens (primary N) is 1. The lowest BCUT2D eigenvalue weighted by atomic mass is 10.00. The molecule has 0 unspecified atom stereocenters. The Hall–Kier alpha value is -2.35. The van der Waals surface area contributed by atoms with Gasteiger partial charge in [0.2, 0.25) is 0 Å². The van der Waals surface area contributed by atoms with Gasteiger partial charge in [0.1, 0.15) is 5.82 Å². The van der Waals surface area contributed by atoms with E-state index in [4.69, 9.17) is 5.73 Å². The number of fused-ring (bicyclic) bond motifs is 1. The van der Waals surface area contributed by atoms with Crippen LogP contribution in [0, 0.1) is 12.7 Å². The Kier molecular flexibility index (Phi) is 2.71. The monoisotopic (exact) mass is 251 g/mol. The Labute approximate surface area is 111 Å². The fourth-order valence-electron chi connectivity index (χ4n) is 2.25. The van der Waals surface area contributed by atoms with Crippen molar-refractivity contribution in [3.05, 3.63) is 66.0 Å². The molecule has 0 aliphatic carbocycles. The van der Waals surface area contributed by atoms with Crippen LogP contribution in [0.4, 0.5) is 10.1 Å². The minimum atomic E-state index is -0.374. The minimum Gasteiger partial charge on any atom is -0.396 e. The van der Waals surface area contributed by atoms with E-state index in [2.05, 4.69) is 37.3 Å². The summed E-state index contributed by atoms with van der Waals surface area (Å²) in [5.74, 6) is -0.374. The highest BCUT2D eigenvalue weighted by Crippen LogP contribution is 2.27. The van der Waals surface area contributed by atoms with Gasteiger partial charge in [0.05, 0.1) is 5.69 Å². The van der Waals surface area contributed by atoms with Crippen LogP contribution in [0.25, 0.3) is 21.9 Å². The number of hydrogen-bond donors (Lipinski definition) is 1. The summed E-state index contributed by atoms with van der Waals surface area (Å²) < 4.78 is 13.5. The molecule has 0 fully saturated rings. The number of halogens is 1. The van der Waals surface area contributed by atoms with E-state index >= 15 is 0 Å². The van der Waals surface area contributed by atoms with Crippen LogP contribution in [0.5, 0.6) is 0 Å². The average molecular weight is 251 g/mol. The summed E-state index contributed by atoms with van der Waals surface area (Å²) >= 11 is 0. The zero-order valence-electron chi connectivity index (χ0n) is 10.7. The van der Waals surface area contributed by atoms with Gasteiger partial charge in [0.25, 0.3) is 0 Å². The van der Waals surface area contributed by atoms with Crippen molar-refractivity contribution in [1.82, 2.24) is 0 Å². The van der Waals surface area contributed by atoms with E-state index in [1.165, 1.54) is 17.0 Å². The van der Waals surface area contributed by atoms with E-state index in [1.807, 2.05) is 12.1 Å². The largest absolute Gasteiger partial charge is 0.396 e. The van der Waals surface area contributed by atoms with Crippen LogP contribution in [0.2, 0.25) is 0 Å². The highest BCUT2D eigenvalue weighted by molar-refractivity contribution is 5.88. The minimum absolute atomic E-state index is 0.181. The van der Waals surface area contributed by atoms with E-state index in [1.54, 1.807) is 6.07 Å². The topological polar surface area (TPSA) is 26.0 Å². The summed E-state index contributed by atoms with van der Waals surface area (Å²) in [6.45, 7) is 2.07. The molecule has 0 heterocycles. The summed E-state index contributed by atoms with van der Waals surface area (Å²) in [6, 6.07) is 17.4. The van der Waals surface area contributed by atoms with E-state index in [9.17, 15) is 4.39 Å². The summed E-state index contributed by atoms with van der Waals surface area (Å²) in [4.78, 5) is 0. The van der Waals surface area contributed by atoms with Crippen molar-refractivity contribution in [1.29, 1.82) is 0 Å². The fraction of sp³-hybridized carbons (Fsp3) is 0.0588. The smallest absolute Gasteiger partial charge is 0.146 e. The first-order valence-corrected chi connectivity index (χ1v) is 6.19. The van der Waals surface area contributed by atoms with Crippen molar-refractivity contribution in [3.8, 4) is 11.1 Å². The van der Waals surface area contributed by atoms with E-state index in [0.29, 0.717) is 0 Å². The maximum absolute atomic E-state index is 13.5. The third-order valence-electron chi connectivity index (χ3n) is 3.33. The third-order valence-corrected chi connectivity index (χ3v) is 3.33. The lowest BCUT2D eigenvalue weighted by Crippen LogP contribution is -1.90. The molecule has 0 spiro atoms. The van der Waals surface area contributed by atoms with Crippen molar-refractivity contribution in [2.75, 3.05) is 5.73 Å². The molecule has 3 rings (SSSR count). The van der Waals surface area contributed by atoms with Crippen molar-refractivity contribution in [2.24, 2.45) is 0 Å². The number of nitrogen functional groups attached to an aromatic ring is 1. The Balaban J connectivity index is 2.14. The molecule has 94 valence electrons. The first-order valence-electron chi connectivity index (χ1n) is 6.19. The van der Waals surface area contributed by atoms with Gasteiger partial charge in [-0.2, -0.15) is 0 Å². The second-order valence-electron chi connectivity index (χ2n) is 4.80. The van der Waals surface area contributed by atoms with Gasteiger partial charge in [-0.05, 0) is 47.0 Å². The van der Waals surface area contributed by atoms with Gasteiger partial charge in [-0.3, -0.25) is 0 Å². The third kappa shape index (κ3) is 2.17. The van der Waals surface area contributed by atoms with Gasteiger partial charge >= 0.3 is 0 Å². The van der Waals surface area contributed by atoms with Crippen LogP contribution < -0.4 is 5.73 Å².